The van der Waals surface area contributed by atoms with Crippen LogP contribution < -0.4 is 11.1 Å². The third-order valence-electron chi connectivity index (χ3n) is 2.57. The van der Waals surface area contributed by atoms with Crippen molar-refractivity contribution < 1.29 is 14.3 Å². The molecule has 0 fully saturated rings. The van der Waals surface area contributed by atoms with Gasteiger partial charge in [-0.25, -0.2) is 9.48 Å². The van der Waals surface area contributed by atoms with Gasteiger partial charge in [0.1, 0.15) is 0 Å². The fraction of sp³-hybridized carbons (Fsp3) is 0.154. The molecule has 0 radical (unpaired) electrons. The van der Waals surface area contributed by atoms with Gasteiger partial charge in [-0.3, -0.25) is 4.79 Å². The predicted molar refractivity (Wildman–Crippen MR) is 72.3 cm³/mol. The molecule has 0 aliphatic rings. The van der Waals surface area contributed by atoms with E-state index in [1.54, 1.807) is 30.5 Å². The van der Waals surface area contributed by atoms with E-state index in [1.807, 2.05) is 0 Å². The quantitative estimate of drug-likeness (QED) is 0.619. The first-order valence-corrected chi connectivity index (χ1v) is 5.89. The van der Waals surface area contributed by atoms with Crippen molar-refractivity contribution in [3.8, 4) is 5.69 Å². The number of carbonyl (C=O) groups is 2. The maximum atomic E-state index is 11.7. The second kappa shape index (κ2) is 5.87. The number of nitrogens with zero attached hydrogens (tertiary/aromatic N) is 2. The normalized spacial score (nSPS) is 10.1. The van der Waals surface area contributed by atoms with Crippen molar-refractivity contribution in [2.24, 2.45) is 0 Å². The van der Waals surface area contributed by atoms with Crippen LogP contribution in [0.1, 0.15) is 10.5 Å². The van der Waals surface area contributed by atoms with Gasteiger partial charge < -0.3 is 15.8 Å². The Hall–Kier alpha value is -2.83. The largest absolute Gasteiger partial charge is 0.451 e. The smallest absolute Gasteiger partial charge is 0.359 e. The zero-order chi connectivity index (χ0) is 14.5. The first kappa shape index (κ1) is 13.6. The zero-order valence-corrected chi connectivity index (χ0v) is 10.9. The number of nitrogens with two attached hydrogens (primary N) is 1. The summed E-state index contributed by atoms with van der Waals surface area (Å²) in [6.07, 6.45) is 1.63. The van der Waals surface area contributed by atoms with E-state index >= 15 is 0 Å². The molecule has 7 heteroatoms. The van der Waals surface area contributed by atoms with E-state index in [2.05, 4.69) is 10.4 Å². The van der Waals surface area contributed by atoms with Crippen molar-refractivity contribution in [1.29, 1.82) is 0 Å². The Morgan fingerprint density at radius 1 is 1.30 bits per heavy atom. The Kier molecular flexibility index (Phi) is 3.99. The average molecular weight is 274 g/mol. The predicted octanol–water partition coefficient (Wildman–Crippen LogP) is 0.357. The Bertz CT molecular complexity index is 619. The monoisotopic (exact) mass is 274 g/mol. The second-order valence-electron chi connectivity index (χ2n) is 3.99. The zero-order valence-electron chi connectivity index (χ0n) is 10.9. The summed E-state index contributed by atoms with van der Waals surface area (Å²) < 4.78 is 6.33. The molecule has 1 aromatic carbocycles. The van der Waals surface area contributed by atoms with E-state index in [-0.39, 0.29) is 18.2 Å². The second-order valence-corrected chi connectivity index (χ2v) is 3.99. The summed E-state index contributed by atoms with van der Waals surface area (Å²) in [6, 6.07) is 8.55. The molecule has 104 valence electrons. The number of nitrogen functional groups attached to an aromatic ring is 1. The molecule has 2 rings (SSSR count). The Morgan fingerprint density at radius 3 is 2.65 bits per heavy atom. The molecule has 0 unspecified atom stereocenters. The topological polar surface area (TPSA) is 99.2 Å². The molecule has 3 N–H and O–H groups in total. The minimum atomic E-state index is -0.650. The highest BCUT2D eigenvalue weighted by Crippen LogP contribution is 2.11. The number of carbonyl (C=O) groups excluding carboxylic acids is 2. The molecule has 1 heterocycles. The van der Waals surface area contributed by atoms with Gasteiger partial charge in [-0.2, -0.15) is 5.10 Å². The first-order valence-electron chi connectivity index (χ1n) is 5.89. The van der Waals surface area contributed by atoms with Crippen LogP contribution in [-0.2, 0) is 9.53 Å². The summed E-state index contributed by atoms with van der Waals surface area (Å²) in [5.41, 5.74) is 7.14. The van der Waals surface area contributed by atoms with Gasteiger partial charge in [0.2, 0.25) is 0 Å². The van der Waals surface area contributed by atoms with Crippen molar-refractivity contribution in [2.45, 2.75) is 0 Å². The van der Waals surface area contributed by atoms with Crippen LogP contribution in [0.5, 0.6) is 0 Å². The molecule has 0 aliphatic heterocycles. The summed E-state index contributed by atoms with van der Waals surface area (Å²) in [6.45, 7) is -0.329. The SMILES string of the molecule is CNC(=O)COC(=O)c1ccn(-c2ccc(N)cc2)n1. The number of nitrogens with one attached hydrogen (secondary N) is 1. The van der Waals surface area contributed by atoms with E-state index in [9.17, 15) is 9.59 Å². The van der Waals surface area contributed by atoms with Gasteiger partial charge in [0.05, 0.1) is 5.69 Å². The van der Waals surface area contributed by atoms with Crippen molar-refractivity contribution in [2.75, 3.05) is 19.4 Å². The number of ether oxygens (including phenoxy) is 1. The minimum absolute atomic E-state index is 0.130. The number of likely N-dealkylation sites (N-methyl/N-ethyl adjacent to an activating group) is 1. The lowest BCUT2D eigenvalue weighted by molar-refractivity contribution is -0.123. The number of hydrogen-bond acceptors (Lipinski definition) is 5. The number of anilines is 1. The summed E-state index contributed by atoms with van der Waals surface area (Å²) in [7, 11) is 1.46. The molecular weight excluding hydrogens is 260 g/mol. The van der Waals surface area contributed by atoms with Gasteiger partial charge in [0, 0.05) is 18.9 Å². The Labute approximate surface area is 115 Å². The van der Waals surface area contributed by atoms with Crippen molar-refractivity contribution in [3.05, 3.63) is 42.2 Å². The fourth-order valence-electron chi connectivity index (χ4n) is 1.48. The number of rotatable bonds is 4. The molecule has 2 aromatic rings. The fourth-order valence-corrected chi connectivity index (χ4v) is 1.48. The lowest BCUT2D eigenvalue weighted by Crippen LogP contribution is -2.25. The van der Waals surface area contributed by atoms with Gasteiger partial charge >= 0.3 is 5.97 Å². The van der Waals surface area contributed by atoms with Gasteiger partial charge in [-0.1, -0.05) is 0 Å². The molecule has 0 saturated heterocycles. The number of hydrogen-bond donors (Lipinski definition) is 2. The third-order valence-corrected chi connectivity index (χ3v) is 2.57. The van der Waals surface area contributed by atoms with E-state index in [0.717, 1.165) is 5.69 Å². The first-order chi connectivity index (χ1) is 9.60. The van der Waals surface area contributed by atoms with Crippen LogP contribution in [0.2, 0.25) is 0 Å². The van der Waals surface area contributed by atoms with Crippen LogP contribution >= 0.6 is 0 Å². The Balaban J connectivity index is 2.06. The summed E-state index contributed by atoms with van der Waals surface area (Å²) in [5.74, 6) is -1.03. The third kappa shape index (κ3) is 3.14. The molecule has 7 nitrogen and oxygen atoms in total. The Morgan fingerprint density at radius 2 is 2.00 bits per heavy atom. The standard InChI is InChI=1S/C13H14N4O3/c1-15-12(18)8-20-13(19)11-6-7-17(16-11)10-4-2-9(14)3-5-10/h2-7H,8,14H2,1H3,(H,15,18). The summed E-state index contributed by atoms with van der Waals surface area (Å²) in [4.78, 5) is 22.6. The van der Waals surface area contributed by atoms with Gasteiger partial charge in [0.15, 0.2) is 12.3 Å². The summed E-state index contributed by atoms with van der Waals surface area (Å²) in [5, 5.41) is 6.44. The average Bonchev–Trinajstić information content (AvgIpc) is 2.95. The molecule has 0 aliphatic carbocycles. The molecule has 0 bridgehead atoms. The van der Waals surface area contributed by atoms with Crippen LogP contribution in [0.15, 0.2) is 36.5 Å². The lowest BCUT2D eigenvalue weighted by Gasteiger charge is -2.02. The van der Waals surface area contributed by atoms with Crippen LogP contribution in [0.3, 0.4) is 0 Å². The van der Waals surface area contributed by atoms with Crippen LogP contribution in [0, 0.1) is 0 Å². The van der Waals surface area contributed by atoms with Gasteiger partial charge in [-0.05, 0) is 30.3 Å². The van der Waals surface area contributed by atoms with E-state index in [1.165, 1.54) is 17.8 Å². The van der Waals surface area contributed by atoms with Gasteiger partial charge in [-0.15, -0.1) is 0 Å². The van der Waals surface area contributed by atoms with Crippen molar-refractivity contribution in [3.63, 3.8) is 0 Å². The molecule has 0 atom stereocenters. The van der Waals surface area contributed by atoms with Crippen LogP contribution in [-0.4, -0.2) is 35.3 Å². The highest BCUT2D eigenvalue weighted by atomic mass is 16.5. The van der Waals surface area contributed by atoms with E-state index < -0.39 is 5.97 Å². The van der Waals surface area contributed by atoms with E-state index in [0.29, 0.717) is 5.69 Å². The number of aromatic nitrogens is 2. The highest BCUT2D eigenvalue weighted by molar-refractivity contribution is 5.89. The molecule has 1 aromatic heterocycles. The van der Waals surface area contributed by atoms with Crippen molar-refractivity contribution >= 4 is 17.6 Å². The molecule has 1 amide bonds. The summed E-state index contributed by atoms with van der Waals surface area (Å²) >= 11 is 0. The maximum Gasteiger partial charge on any atom is 0.359 e. The molecule has 20 heavy (non-hydrogen) atoms. The lowest BCUT2D eigenvalue weighted by atomic mass is 10.3. The number of benzene rings is 1. The van der Waals surface area contributed by atoms with Crippen molar-refractivity contribution in [1.82, 2.24) is 15.1 Å². The molecular formula is C13H14N4O3. The van der Waals surface area contributed by atoms with Crippen LogP contribution in [0.25, 0.3) is 5.69 Å². The number of amides is 1. The molecule has 0 saturated carbocycles. The maximum absolute atomic E-state index is 11.7. The highest BCUT2D eigenvalue weighted by Gasteiger charge is 2.13. The van der Waals surface area contributed by atoms with E-state index in [4.69, 9.17) is 10.5 Å². The minimum Gasteiger partial charge on any atom is -0.451 e. The number of esters is 1. The van der Waals surface area contributed by atoms with Gasteiger partial charge in [0.25, 0.3) is 5.91 Å². The molecule has 0 spiro atoms. The van der Waals surface area contributed by atoms with Crippen LogP contribution in [0.4, 0.5) is 5.69 Å².